The van der Waals surface area contributed by atoms with Crippen molar-refractivity contribution in [3.8, 4) is 0 Å². The summed E-state index contributed by atoms with van der Waals surface area (Å²) in [5.74, 6) is -1.23. The van der Waals surface area contributed by atoms with Crippen LogP contribution in [0.3, 0.4) is 0 Å². The molecule has 108 valence electrons. The van der Waals surface area contributed by atoms with Crippen LogP contribution in [0.25, 0.3) is 6.08 Å². The van der Waals surface area contributed by atoms with Crippen LogP contribution >= 0.6 is 0 Å². The van der Waals surface area contributed by atoms with E-state index in [2.05, 4.69) is 5.32 Å². The monoisotopic (exact) mass is 277 g/mol. The number of carbonyl (C=O) groups is 2. The fourth-order valence-electron chi connectivity index (χ4n) is 1.39. The Morgan fingerprint density at radius 2 is 1.75 bits per heavy atom. The van der Waals surface area contributed by atoms with E-state index >= 15 is 0 Å². The van der Waals surface area contributed by atoms with Crippen molar-refractivity contribution in [1.82, 2.24) is 5.32 Å². The Morgan fingerprint density at radius 3 is 2.20 bits per heavy atom. The maximum absolute atomic E-state index is 11.6. The molecule has 20 heavy (non-hydrogen) atoms. The van der Waals surface area contributed by atoms with Crippen molar-refractivity contribution in [2.45, 2.75) is 33.3 Å². The molecule has 0 atom stereocenters. The van der Waals surface area contributed by atoms with Crippen LogP contribution in [0, 0.1) is 6.92 Å². The summed E-state index contributed by atoms with van der Waals surface area (Å²) in [4.78, 5) is 22.7. The first-order chi connectivity index (χ1) is 9.17. The quantitative estimate of drug-likeness (QED) is 0.833. The molecule has 0 bridgehead atoms. The van der Waals surface area contributed by atoms with Gasteiger partial charge < -0.3 is 9.84 Å². The van der Waals surface area contributed by atoms with Gasteiger partial charge in [-0.25, -0.2) is 9.59 Å². The van der Waals surface area contributed by atoms with Gasteiger partial charge in [0.25, 0.3) is 0 Å². The fraction of sp³-hybridized carbons (Fsp3) is 0.333. The van der Waals surface area contributed by atoms with Crippen LogP contribution in [0.1, 0.15) is 31.9 Å². The minimum Gasteiger partial charge on any atom is -0.477 e. The largest absolute Gasteiger partial charge is 0.477 e. The Morgan fingerprint density at radius 1 is 1.20 bits per heavy atom. The molecule has 0 aromatic heterocycles. The average Bonchev–Trinajstić information content (AvgIpc) is 2.28. The lowest BCUT2D eigenvalue weighted by molar-refractivity contribution is -0.133. The minimum atomic E-state index is -1.23. The number of ether oxygens (including phenoxy) is 1. The van der Waals surface area contributed by atoms with E-state index in [4.69, 9.17) is 9.84 Å². The van der Waals surface area contributed by atoms with Crippen molar-refractivity contribution >= 4 is 18.1 Å². The van der Waals surface area contributed by atoms with E-state index in [-0.39, 0.29) is 5.70 Å². The lowest BCUT2D eigenvalue weighted by atomic mass is 10.1. The predicted octanol–water partition coefficient (Wildman–Crippen LogP) is 2.95. The van der Waals surface area contributed by atoms with Gasteiger partial charge in [-0.3, -0.25) is 5.32 Å². The van der Waals surface area contributed by atoms with Gasteiger partial charge in [-0.15, -0.1) is 0 Å². The third-order valence-electron chi connectivity index (χ3n) is 2.25. The summed E-state index contributed by atoms with van der Waals surface area (Å²) in [5.41, 5.74) is 0.837. The van der Waals surface area contributed by atoms with E-state index in [9.17, 15) is 9.59 Å². The van der Waals surface area contributed by atoms with Gasteiger partial charge in [0.1, 0.15) is 11.3 Å². The van der Waals surface area contributed by atoms with E-state index in [1.807, 2.05) is 19.1 Å². The van der Waals surface area contributed by atoms with Gasteiger partial charge in [-0.1, -0.05) is 29.8 Å². The number of hydrogen-bond acceptors (Lipinski definition) is 3. The van der Waals surface area contributed by atoms with Gasteiger partial charge in [-0.05, 0) is 39.3 Å². The number of carbonyl (C=O) groups excluding carboxylic acids is 1. The Kier molecular flexibility index (Phi) is 4.91. The SMILES string of the molecule is Cc1ccc(/C=C(\NC(=O)OC(C)(C)C)C(=O)O)cc1. The van der Waals surface area contributed by atoms with Gasteiger partial charge in [0.2, 0.25) is 0 Å². The standard InChI is InChI=1S/C15H19NO4/c1-10-5-7-11(8-6-10)9-12(13(17)18)16-14(19)20-15(2,3)4/h5-9H,1-4H3,(H,16,19)(H,17,18)/b12-9-. The smallest absolute Gasteiger partial charge is 0.412 e. The molecular weight excluding hydrogens is 258 g/mol. The van der Waals surface area contributed by atoms with Crippen LogP contribution in [-0.2, 0) is 9.53 Å². The molecule has 1 rings (SSSR count). The first-order valence-electron chi connectivity index (χ1n) is 6.19. The zero-order chi connectivity index (χ0) is 15.3. The second-order valence-electron chi connectivity index (χ2n) is 5.40. The van der Waals surface area contributed by atoms with Gasteiger partial charge in [0, 0.05) is 0 Å². The number of hydrogen-bond donors (Lipinski definition) is 2. The molecule has 1 amide bonds. The molecule has 0 saturated carbocycles. The molecular formula is C15H19NO4. The first kappa shape index (κ1) is 15.8. The van der Waals surface area contributed by atoms with E-state index < -0.39 is 17.7 Å². The molecule has 0 fully saturated rings. The van der Waals surface area contributed by atoms with Crippen LogP contribution in [0.2, 0.25) is 0 Å². The summed E-state index contributed by atoms with van der Waals surface area (Å²) < 4.78 is 5.02. The second-order valence-corrected chi connectivity index (χ2v) is 5.40. The highest BCUT2D eigenvalue weighted by atomic mass is 16.6. The molecule has 1 aromatic rings. The van der Waals surface area contributed by atoms with Crippen molar-refractivity contribution in [2.24, 2.45) is 0 Å². The number of nitrogens with one attached hydrogen (secondary N) is 1. The van der Waals surface area contributed by atoms with Crippen LogP contribution < -0.4 is 5.32 Å². The number of carboxylic acid groups (broad SMARTS) is 1. The number of alkyl carbamates (subject to hydrolysis) is 1. The lowest BCUT2D eigenvalue weighted by Crippen LogP contribution is -2.34. The molecule has 0 spiro atoms. The molecule has 0 unspecified atom stereocenters. The zero-order valence-corrected chi connectivity index (χ0v) is 12.1. The highest BCUT2D eigenvalue weighted by molar-refractivity contribution is 5.95. The van der Waals surface area contributed by atoms with Crippen molar-refractivity contribution in [3.63, 3.8) is 0 Å². The molecule has 5 nitrogen and oxygen atoms in total. The predicted molar refractivity (Wildman–Crippen MR) is 76.2 cm³/mol. The maximum atomic E-state index is 11.6. The third-order valence-corrected chi connectivity index (χ3v) is 2.25. The summed E-state index contributed by atoms with van der Waals surface area (Å²) in [7, 11) is 0. The summed E-state index contributed by atoms with van der Waals surface area (Å²) in [6.45, 7) is 7.05. The first-order valence-corrected chi connectivity index (χ1v) is 6.19. The summed E-state index contributed by atoms with van der Waals surface area (Å²) >= 11 is 0. The van der Waals surface area contributed by atoms with Crippen molar-refractivity contribution in [2.75, 3.05) is 0 Å². The molecule has 0 aliphatic carbocycles. The van der Waals surface area contributed by atoms with Gasteiger partial charge >= 0.3 is 12.1 Å². The van der Waals surface area contributed by atoms with E-state index in [0.717, 1.165) is 5.56 Å². The van der Waals surface area contributed by atoms with Gasteiger partial charge in [0.05, 0.1) is 0 Å². The summed E-state index contributed by atoms with van der Waals surface area (Å²) in [6.07, 6.45) is 0.587. The molecule has 2 N–H and O–H groups in total. The lowest BCUT2D eigenvalue weighted by Gasteiger charge is -2.19. The number of aryl methyl sites for hydroxylation is 1. The summed E-state index contributed by atoms with van der Waals surface area (Å²) in [6, 6.07) is 7.27. The molecule has 0 saturated heterocycles. The number of aliphatic carboxylic acids is 1. The van der Waals surface area contributed by atoms with E-state index in [1.54, 1.807) is 32.9 Å². The average molecular weight is 277 g/mol. The van der Waals surface area contributed by atoms with Crippen LogP contribution in [0.15, 0.2) is 30.0 Å². The van der Waals surface area contributed by atoms with Crippen molar-refractivity contribution in [1.29, 1.82) is 0 Å². The highest BCUT2D eigenvalue weighted by Gasteiger charge is 2.19. The normalized spacial score (nSPS) is 11.9. The summed E-state index contributed by atoms with van der Waals surface area (Å²) in [5, 5.41) is 11.3. The Balaban J connectivity index is 2.87. The molecule has 0 aliphatic heterocycles. The molecule has 1 aromatic carbocycles. The zero-order valence-electron chi connectivity index (χ0n) is 12.1. The van der Waals surface area contributed by atoms with Crippen LogP contribution in [0.4, 0.5) is 4.79 Å². The Bertz CT molecular complexity index is 524. The molecule has 0 radical (unpaired) electrons. The second kappa shape index (κ2) is 6.23. The molecule has 0 aliphatic rings. The maximum Gasteiger partial charge on any atom is 0.412 e. The van der Waals surface area contributed by atoms with Crippen molar-refractivity contribution < 1.29 is 19.4 Å². The number of benzene rings is 1. The Labute approximate surface area is 118 Å². The number of rotatable bonds is 3. The fourth-order valence-corrected chi connectivity index (χ4v) is 1.39. The Hall–Kier alpha value is -2.30. The van der Waals surface area contributed by atoms with Crippen LogP contribution in [0.5, 0.6) is 0 Å². The molecule has 5 heteroatoms. The van der Waals surface area contributed by atoms with E-state index in [1.165, 1.54) is 6.08 Å². The highest BCUT2D eigenvalue weighted by Crippen LogP contribution is 2.10. The minimum absolute atomic E-state index is 0.233. The number of carboxylic acids is 1. The van der Waals surface area contributed by atoms with Crippen LogP contribution in [-0.4, -0.2) is 22.8 Å². The third kappa shape index (κ3) is 5.56. The van der Waals surface area contributed by atoms with Gasteiger partial charge in [-0.2, -0.15) is 0 Å². The topological polar surface area (TPSA) is 75.6 Å². The number of amides is 1. The molecule has 0 heterocycles. The van der Waals surface area contributed by atoms with Crippen molar-refractivity contribution in [3.05, 3.63) is 41.1 Å². The van der Waals surface area contributed by atoms with E-state index in [0.29, 0.717) is 5.56 Å². The van der Waals surface area contributed by atoms with Gasteiger partial charge in [0.15, 0.2) is 0 Å².